The van der Waals surface area contributed by atoms with Crippen LogP contribution in [-0.2, 0) is 0 Å². The van der Waals surface area contributed by atoms with E-state index in [0.29, 0.717) is 6.17 Å². The van der Waals surface area contributed by atoms with Gasteiger partial charge in [0.15, 0.2) is 0 Å². The Kier molecular flexibility index (Phi) is 7.76. The molecule has 1 aliphatic carbocycles. The summed E-state index contributed by atoms with van der Waals surface area (Å²) in [5.41, 5.74) is 5.14. The van der Waals surface area contributed by atoms with Gasteiger partial charge in [-0.05, 0) is 0 Å². The van der Waals surface area contributed by atoms with Crippen molar-refractivity contribution in [1.29, 1.82) is 0 Å². The number of amides is 1. The van der Waals surface area contributed by atoms with Crippen molar-refractivity contribution < 1.29 is 4.79 Å². The molecule has 6 heteroatoms. The summed E-state index contributed by atoms with van der Waals surface area (Å²) < 4.78 is 3.17. The third-order valence-electron chi connectivity index (χ3n) is 2.96. The molecule has 1 fully saturated rings. The first-order chi connectivity index (χ1) is 7.72. The van der Waals surface area contributed by atoms with E-state index in [1.165, 1.54) is 41.2 Å². The number of carbonyl (C=O) groups excluding carboxylic acids is 1. The van der Waals surface area contributed by atoms with Crippen molar-refractivity contribution in [3.8, 4) is 0 Å². The fourth-order valence-electron chi connectivity index (χ4n) is 2.10. The number of hydrogen-bond donors (Lipinski definition) is 3. The van der Waals surface area contributed by atoms with Gasteiger partial charge in [-0.3, -0.25) is 0 Å². The maximum atomic E-state index is 10.7. The van der Waals surface area contributed by atoms with Crippen LogP contribution in [0, 0.1) is 5.92 Å². The van der Waals surface area contributed by atoms with Gasteiger partial charge in [0.05, 0.1) is 0 Å². The first-order valence-corrected chi connectivity index (χ1v) is 10.5. The molecule has 0 spiro atoms. The molecule has 96 valence electrons. The Labute approximate surface area is 111 Å². The van der Waals surface area contributed by atoms with Crippen molar-refractivity contribution in [1.82, 2.24) is 10.0 Å². The van der Waals surface area contributed by atoms with Crippen LogP contribution in [0.25, 0.3) is 0 Å². The number of primary amides is 1. The summed E-state index contributed by atoms with van der Waals surface area (Å²) in [6.45, 7) is 0. The van der Waals surface area contributed by atoms with Gasteiger partial charge in [-0.2, -0.15) is 0 Å². The van der Waals surface area contributed by atoms with Gasteiger partial charge in [-0.25, -0.2) is 0 Å². The van der Waals surface area contributed by atoms with Gasteiger partial charge in [0, 0.05) is 0 Å². The summed E-state index contributed by atoms with van der Waals surface area (Å²) >= 11 is -0.764. The molecule has 4 N–H and O–H groups in total. The summed E-state index contributed by atoms with van der Waals surface area (Å²) in [4.78, 5) is 10.7. The Balaban J connectivity index is 2.16. The van der Waals surface area contributed by atoms with E-state index in [1.54, 1.807) is 0 Å². The van der Waals surface area contributed by atoms with Crippen molar-refractivity contribution in [3.63, 3.8) is 0 Å². The Morgan fingerprint density at radius 2 is 2.19 bits per heavy atom. The zero-order chi connectivity index (χ0) is 11.8. The monoisotopic (exact) mass is 359 g/mol. The Morgan fingerprint density at radius 1 is 1.50 bits per heavy atom. The first-order valence-electron chi connectivity index (χ1n) is 5.78. The van der Waals surface area contributed by atoms with Crippen molar-refractivity contribution in [2.45, 2.75) is 44.7 Å². The quantitative estimate of drug-likeness (QED) is 0.215. The second kappa shape index (κ2) is 8.54. The molecule has 0 heterocycles. The number of nitrogens with two attached hydrogens (primary N) is 1. The summed E-state index contributed by atoms with van der Waals surface area (Å²) in [6, 6.07) is 0. The number of nitrogens with one attached hydrogen (secondary N) is 2. The second-order valence-electron chi connectivity index (χ2n) is 4.18. The van der Waals surface area contributed by atoms with Crippen LogP contribution < -0.4 is 15.8 Å². The molecule has 0 aromatic heterocycles. The predicted molar refractivity (Wildman–Crippen MR) is 79.8 cm³/mol. The van der Waals surface area contributed by atoms with Crippen LogP contribution in [0.2, 0.25) is 0 Å². The minimum absolute atomic E-state index is 0.143. The van der Waals surface area contributed by atoms with Crippen LogP contribution in [-0.4, -0.2) is 17.1 Å². The molecular weight excluding hydrogens is 337 g/mol. The summed E-state index contributed by atoms with van der Waals surface area (Å²) in [5.74, 6) is 0.841. The molecule has 0 aliphatic heterocycles. The van der Waals surface area contributed by atoms with Crippen LogP contribution in [0.4, 0.5) is 4.79 Å². The van der Waals surface area contributed by atoms with E-state index in [1.807, 2.05) is 7.05 Å². The number of carbonyl (C=O) groups is 1. The molecule has 1 aliphatic rings. The Hall–Kier alpha value is 0.470. The molecule has 0 aromatic rings. The third-order valence-corrected chi connectivity index (χ3v) is 6.53. The van der Waals surface area contributed by atoms with E-state index >= 15 is 0 Å². The van der Waals surface area contributed by atoms with Gasteiger partial charge in [0.25, 0.3) is 0 Å². The molecule has 0 bridgehead atoms. The van der Waals surface area contributed by atoms with Crippen molar-refractivity contribution in [2.24, 2.45) is 11.7 Å². The fourth-order valence-corrected chi connectivity index (χ4v) is 4.67. The summed E-state index contributed by atoms with van der Waals surface area (Å²) in [7, 11) is 3.49. The zero-order valence-electron chi connectivity index (χ0n) is 9.70. The van der Waals surface area contributed by atoms with Gasteiger partial charge < -0.3 is 0 Å². The van der Waals surface area contributed by atoms with E-state index < -0.39 is 19.8 Å². The van der Waals surface area contributed by atoms with Crippen LogP contribution >= 0.6 is 28.9 Å². The van der Waals surface area contributed by atoms with Crippen LogP contribution in [0.1, 0.15) is 38.5 Å². The molecule has 1 saturated carbocycles. The van der Waals surface area contributed by atoms with E-state index in [2.05, 4.69) is 10.0 Å². The maximum absolute atomic E-state index is 10.7. The standard InChI is InChI=1S/C10H22IN3OS/c1-13-9(14-16-11-10(12)15)7-8-5-3-2-4-6-8/h8-9,11,13-14H,2-7H2,1H3,(H2,12,15). The number of rotatable bonds is 7. The molecule has 1 rings (SSSR count). The molecule has 1 unspecified atom stereocenters. The van der Waals surface area contributed by atoms with E-state index in [0.717, 1.165) is 12.3 Å². The van der Waals surface area contributed by atoms with Gasteiger partial charge in [0.1, 0.15) is 0 Å². The normalized spacial score (nSPS) is 19.8. The summed E-state index contributed by atoms with van der Waals surface area (Å²) in [6.07, 6.45) is 8.35. The molecule has 0 radical (unpaired) electrons. The van der Waals surface area contributed by atoms with Crippen molar-refractivity contribution in [2.75, 3.05) is 7.05 Å². The topological polar surface area (TPSA) is 67.2 Å². The van der Waals surface area contributed by atoms with Crippen LogP contribution in [0.15, 0.2) is 0 Å². The van der Waals surface area contributed by atoms with Gasteiger partial charge >= 0.3 is 111 Å². The number of hydrogen-bond acceptors (Lipinski definition) is 4. The van der Waals surface area contributed by atoms with E-state index in [9.17, 15) is 4.79 Å². The zero-order valence-corrected chi connectivity index (χ0v) is 12.8. The molecule has 1 atom stereocenters. The fraction of sp³-hybridized carbons (Fsp3) is 0.900. The molecular formula is C10H22IN3OS. The molecule has 16 heavy (non-hydrogen) atoms. The molecule has 4 nitrogen and oxygen atoms in total. The SMILES string of the molecule is CNC(CC1CCCCC1)NS[IH]C(N)=O. The average molecular weight is 359 g/mol. The Morgan fingerprint density at radius 3 is 2.75 bits per heavy atom. The van der Waals surface area contributed by atoms with E-state index in [-0.39, 0.29) is 3.91 Å². The van der Waals surface area contributed by atoms with Crippen molar-refractivity contribution >= 4 is 32.9 Å². The van der Waals surface area contributed by atoms with Gasteiger partial charge in [0.2, 0.25) is 0 Å². The van der Waals surface area contributed by atoms with Crippen molar-refractivity contribution in [3.05, 3.63) is 0 Å². The third kappa shape index (κ3) is 6.27. The minimum atomic E-state index is -0.764. The Bertz CT molecular complexity index is 212. The average Bonchev–Trinajstić information content (AvgIpc) is 2.28. The predicted octanol–water partition coefficient (Wildman–Crippen LogP) is 2.44. The van der Waals surface area contributed by atoms with Crippen LogP contribution in [0.3, 0.4) is 0 Å². The van der Waals surface area contributed by atoms with Gasteiger partial charge in [-0.15, -0.1) is 0 Å². The summed E-state index contributed by atoms with van der Waals surface area (Å²) in [5, 5.41) is 3.26. The molecule has 0 saturated heterocycles. The van der Waals surface area contributed by atoms with E-state index in [4.69, 9.17) is 5.73 Å². The second-order valence-corrected chi connectivity index (χ2v) is 8.76. The van der Waals surface area contributed by atoms with Crippen LogP contribution in [0.5, 0.6) is 0 Å². The van der Waals surface area contributed by atoms with Gasteiger partial charge in [-0.1, -0.05) is 0 Å². The molecule has 1 amide bonds. The molecule has 0 aromatic carbocycles. The first kappa shape index (κ1) is 14.5. The number of halogens is 1.